The van der Waals surface area contributed by atoms with Crippen LogP contribution in [0.25, 0.3) is 0 Å². The minimum Gasteiger partial charge on any atom is -0.469 e. The first-order chi connectivity index (χ1) is 15.5. The third-order valence-electron chi connectivity index (χ3n) is 4.89. The molecule has 2 heterocycles. The fraction of sp³-hybridized carbons (Fsp3) is 0.250. The molecular formula is C24H23N3O4S. The van der Waals surface area contributed by atoms with Gasteiger partial charge in [-0.1, -0.05) is 42.6 Å². The quantitative estimate of drug-likeness (QED) is 0.489. The van der Waals surface area contributed by atoms with Crippen LogP contribution in [0, 0.1) is 24.2 Å². The van der Waals surface area contributed by atoms with Crippen LogP contribution in [0.5, 0.6) is 0 Å². The second-order valence-corrected chi connectivity index (χ2v) is 8.08. The van der Waals surface area contributed by atoms with Gasteiger partial charge in [0.05, 0.1) is 34.6 Å². The van der Waals surface area contributed by atoms with E-state index in [9.17, 15) is 14.9 Å². The summed E-state index contributed by atoms with van der Waals surface area (Å²) in [6.07, 6.45) is 2.96. The van der Waals surface area contributed by atoms with Crippen LogP contribution in [0.1, 0.15) is 24.2 Å². The molecule has 0 radical (unpaired) electrons. The summed E-state index contributed by atoms with van der Waals surface area (Å²) in [5.74, 6) is -1.75. The number of amides is 1. The van der Waals surface area contributed by atoms with Crippen LogP contribution in [0.4, 0.5) is 5.69 Å². The number of hydrogen-bond donors (Lipinski definition) is 1. The molecule has 1 unspecified atom stereocenters. The SMILES string of the molecule is C=CCOC(=O)C1=C(C)N=C(SCC(=O)Nc2ccccc2C)C(C#N)[C@@H]1c1ccco1. The minimum atomic E-state index is -0.799. The number of carbonyl (C=O) groups is 2. The molecule has 0 saturated carbocycles. The highest BCUT2D eigenvalue weighted by atomic mass is 32.2. The smallest absolute Gasteiger partial charge is 0.336 e. The second-order valence-electron chi connectivity index (χ2n) is 7.09. The van der Waals surface area contributed by atoms with Crippen LogP contribution in [0.2, 0.25) is 0 Å². The van der Waals surface area contributed by atoms with Crippen molar-refractivity contribution >= 4 is 34.4 Å². The van der Waals surface area contributed by atoms with Crippen molar-refractivity contribution in [2.75, 3.05) is 17.7 Å². The molecule has 0 fully saturated rings. The number of para-hydroxylation sites is 1. The molecule has 1 aliphatic rings. The maximum absolute atomic E-state index is 12.7. The maximum atomic E-state index is 12.7. The molecule has 32 heavy (non-hydrogen) atoms. The van der Waals surface area contributed by atoms with Gasteiger partial charge in [-0.3, -0.25) is 4.79 Å². The lowest BCUT2D eigenvalue weighted by Crippen LogP contribution is -2.30. The molecule has 3 rings (SSSR count). The average Bonchev–Trinajstić information content (AvgIpc) is 3.31. The number of benzene rings is 1. The summed E-state index contributed by atoms with van der Waals surface area (Å²) in [7, 11) is 0. The first kappa shape index (κ1) is 23.1. The largest absolute Gasteiger partial charge is 0.469 e. The molecule has 2 atom stereocenters. The van der Waals surface area contributed by atoms with Crippen LogP contribution >= 0.6 is 11.8 Å². The lowest BCUT2D eigenvalue weighted by atomic mass is 9.82. The second kappa shape index (κ2) is 10.6. The van der Waals surface area contributed by atoms with Crippen molar-refractivity contribution < 1.29 is 18.7 Å². The number of nitrogens with zero attached hydrogens (tertiary/aromatic N) is 2. The van der Waals surface area contributed by atoms with Crippen molar-refractivity contribution in [3.63, 3.8) is 0 Å². The molecule has 0 spiro atoms. The van der Waals surface area contributed by atoms with Gasteiger partial charge in [-0.05, 0) is 37.6 Å². The van der Waals surface area contributed by atoms with Gasteiger partial charge in [-0.15, -0.1) is 0 Å². The van der Waals surface area contributed by atoms with Crippen molar-refractivity contribution in [2.45, 2.75) is 19.8 Å². The van der Waals surface area contributed by atoms with E-state index in [1.807, 2.05) is 31.2 Å². The van der Waals surface area contributed by atoms with Gasteiger partial charge >= 0.3 is 5.97 Å². The Morgan fingerprint density at radius 2 is 2.09 bits per heavy atom. The van der Waals surface area contributed by atoms with Crippen LogP contribution in [-0.4, -0.2) is 29.3 Å². The standard InChI is InChI=1S/C24H23N3O4S/c1-4-11-31-24(29)21-16(3)26-23(17(13-25)22(21)19-10-7-12-30-19)32-14-20(28)27-18-9-6-5-8-15(18)2/h4-10,12,17,22H,1,11,14H2,2-3H3,(H,27,28)/t17?,22-/m1/s1. The number of ether oxygens (including phenoxy) is 1. The number of hydrogen-bond acceptors (Lipinski definition) is 7. The Morgan fingerprint density at radius 1 is 1.31 bits per heavy atom. The van der Waals surface area contributed by atoms with E-state index in [1.165, 1.54) is 24.1 Å². The number of nitrogens with one attached hydrogen (secondary N) is 1. The van der Waals surface area contributed by atoms with Gasteiger partial charge in [0.2, 0.25) is 5.91 Å². The molecule has 1 aromatic heterocycles. The molecule has 1 amide bonds. The monoisotopic (exact) mass is 449 g/mol. The van der Waals surface area contributed by atoms with Crippen LogP contribution in [-0.2, 0) is 14.3 Å². The van der Waals surface area contributed by atoms with Gasteiger partial charge < -0.3 is 14.5 Å². The van der Waals surface area contributed by atoms with E-state index < -0.39 is 17.8 Å². The summed E-state index contributed by atoms with van der Waals surface area (Å²) < 4.78 is 10.8. The molecule has 8 heteroatoms. The van der Waals surface area contributed by atoms with E-state index in [2.05, 4.69) is 23.0 Å². The van der Waals surface area contributed by atoms with Crippen molar-refractivity contribution in [2.24, 2.45) is 10.9 Å². The van der Waals surface area contributed by atoms with Gasteiger partial charge in [0.1, 0.15) is 18.3 Å². The van der Waals surface area contributed by atoms with Crippen molar-refractivity contribution in [3.05, 3.63) is 77.9 Å². The summed E-state index contributed by atoms with van der Waals surface area (Å²) in [4.78, 5) is 29.7. The van der Waals surface area contributed by atoms with E-state index in [1.54, 1.807) is 19.1 Å². The molecule has 7 nitrogen and oxygen atoms in total. The van der Waals surface area contributed by atoms with E-state index in [-0.39, 0.29) is 23.8 Å². The van der Waals surface area contributed by atoms with Gasteiger partial charge in [-0.2, -0.15) is 5.26 Å². The summed E-state index contributed by atoms with van der Waals surface area (Å²) >= 11 is 1.17. The number of thioether (sulfide) groups is 1. The first-order valence-corrected chi connectivity index (χ1v) is 10.9. The van der Waals surface area contributed by atoms with Gasteiger partial charge in [-0.25, -0.2) is 9.79 Å². The average molecular weight is 450 g/mol. The zero-order chi connectivity index (χ0) is 23.1. The number of nitriles is 1. The number of aryl methyl sites for hydroxylation is 1. The molecule has 1 aliphatic heterocycles. The van der Waals surface area contributed by atoms with Crippen LogP contribution in [0.15, 0.2) is 76.0 Å². The number of aliphatic imine (C=N–C) groups is 1. The fourth-order valence-corrected chi connectivity index (χ4v) is 4.30. The summed E-state index contributed by atoms with van der Waals surface area (Å²) in [5.41, 5.74) is 2.38. The number of carbonyl (C=O) groups excluding carboxylic acids is 2. The normalized spacial score (nSPS) is 17.8. The summed E-state index contributed by atoms with van der Waals surface area (Å²) in [6, 6.07) is 13.1. The Bertz CT molecular complexity index is 1110. The van der Waals surface area contributed by atoms with Gasteiger partial charge in [0.25, 0.3) is 0 Å². The van der Waals surface area contributed by atoms with Crippen LogP contribution < -0.4 is 5.32 Å². The molecule has 1 aromatic carbocycles. The van der Waals surface area contributed by atoms with Crippen molar-refractivity contribution in [3.8, 4) is 6.07 Å². The summed E-state index contributed by atoms with van der Waals surface area (Å²) in [5, 5.41) is 13.3. The molecule has 0 bridgehead atoms. The highest BCUT2D eigenvalue weighted by Gasteiger charge is 2.41. The molecule has 1 N–H and O–H groups in total. The Hall–Kier alpha value is -3.57. The lowest BCUT2D eigenvalue weighted by molar-refractivity contribution is -0.138. The predicted molar refractivity (Wildman–Crippen MR) is 124 cm³/mol. The van der Waals surface area contributed by atoms with Gasteiger partial charge in [0, 0.05) is 11.4 Å². The highest BCUT2D eigenvalue weighted by Crippen LogP contribution is 2.41. The summed E-state index contributed by atoms with van der Waals surface area (Å²) in [6.45, 7) is 7.19. The number of furan rings is 1. The molecule has 0 saturated heterocycles. The van der Waals surface area contributed by atoms with Crippen LogP contribution in [0.3, 0.4) is 0 Å². The third kappa shape index (κ3) is 5.18. The van der Waals surface area contributed by atoms with Crippen molar-refractivity contribution in [1.82, 2.24) is 0 Å². The Balaban J connectivity index is 1.85. The molecule has 164 valence electrons. The van der Waals surface area contributed by atoms with E-state index >= 15 is 0 Å². The Morgan fingerprint density at radius 3 is 2.75 bits per heavy atom. The van der Waals surface area contributed by atoms with E-state index in [0.29, 0.717) is 16.5 Å². The third-order valence-corrected chi connectivity index (χ3v) is 5.94. The Kier molecular flexibility index (Phi) is 7.68. The number of allylic oxidation sites excluding steroid dienone is 1. The number of anilines is 1. The molecular weight excluding hydrogens is 426 g/mol. The highest BCUT2D eigenvalue weighted by molar-refractivity contribution is 8.14. The molecule has 0 aliphatic carbocycles. The Labute approximate surface area is 190 Å². The van der Waals surface area contributed by atoms with Gasteiger partial charge in [0.15, 0.2) is 0 Å². The number of rotatable bonds is 7. The zero-order valence-electron chi connectivity index (χ0n) is 17.8. The maximum Gasteiger partial charge on any atom is 0.336 e. The molecule has 2 aromatic rings. The fourth-order valence-electron chi connectivity index (χ4n) is 3.38. The van der Waals surface area contributed by atoms with Crippen molar-refractivity contribution in [1.29, 1.82) is 5.26 Å². The topological polar surface area (TPSA) is 105 Å². The first-order valence-electron chi connectivity index (χ1n) is 9.95. The minimum absolute atomic E-state index is 0.0438. The number of esters is 1. The lowest BCUT2D eigenvalue weighted by Gasteiger charge is -2.28. The van der Waals surface area contributed by atoms with E-state index in [0.717, 1.165) is 11.3 Å². The zero-order valence-corrected chi connectivity index (χ0v) is 18.6. The van der Waals surface area contributed by atoms with E-state index in [4.69, 9.17) is 9.15 Å². The predicted octanol–water partition coefficient (Wildman–Crippen LogP) is 4.60.